The summed E-state index contributed by atoms with van der Waals surface area (Å²) in [6.45, 7) is 8.71. The van der Waals surface area contributed by atoms with Crippen LogP contribution in [-0.4, -0.2) is 68.5 Å². The summed E-state index contributed by atoms with van der Waals surface area (Å²) in [6, 6.07) is 3.97. The van der Waals surface area contributed by atoms with Crippen molar-refractivity contribution in [1.29, 1.82) is 0 Å². The molecule has 2 heterocycles. The van der Waals surface area contributed by atoms with E-state index in [4.69, 9.17) is 13.9 Å². The van der Waals surface area contributed by atoms with Gasteiger partial charge in [0.2, 0.25) is 0 Å². The lowest BCUT2D eigenvalue weighted by Gasteiger charge is -2.24. The molecule has 1 atom stereocenters. The zero-order valence-corrected chi connectivity index (χ0v) is 16.8. The van der Waals surface area contributed by atoms with Gasteiger partial charge in [0.1, 0.15) is 11.4 Å². The van der Waals surface area contributed by atoms with Crippen LogP contribution < -0.4 is 10.6 Å². The van der Waals surface area contributed by atoms with E-state index in [9.17, 15) is 4.79 Å². The van der Waals surface area contributed by atoms with Crippen molar-refractivity contribution < 1.29 is 18.7 Å². The van der Waals surface area contributed by atoms with Crippen LogP contribution in [0.1, 0.15) is 33.0 Å². The van der Waals surface area contributed by atoms with Crippen LogP contribution in [0.5, 0.6) is 0 Å². The smallest absolute Gasteiger partial charge is 0.410 e. The summed E-state index contributed by atoms with van der Waals surface area (Å²) < 4.78 is 15.9. The highest BCUT2D eigenvalue weighted by molar-refractivity contribution is 5.80. The fourth-order valence-electron chi connectivity index (χ4n) is 2.72. The first-order valence-electron chi connectivity index (χ1n) is 9.41. The van der Waals surface area contributed by atoms with E-state index in [1.54, 1.807) is 18.3 Å². The third kappa shape index (κ3) is 7.90. The van der Waals surface area contributed by atoms with Crippen molar-refractivity contribution in [2.75, 3.05) is 39.9 Å². The minimum atomic E-state index is -0.483. The Bertz CT molecular complexity index is 595. The molecule has 2 N–H and O–H groups in total. The average Bonchev–Trinajstić information content (AvgIpc) is 3.25. The fourth-order valence-corrected chi connectivity index (χ4v) is 2.72. The Morgan fingerprint density at radius 1 is 1.44 bits per heavy atom. The molecule has 8 nitrogen and oxygen atoms in total. The molecule has 1 unspecified atom stereocenters. The number of ether oxygens (including phenoxy) is 2. The van der Waals surface area contributed by atoms with Crippen LogP contribution in [0.3, 0.4) is 0 Å². The summed E-state index contributed by atoms with van der Waals surface area (Å²) in [5.41, 5.74) is -0.483. The van der Waals surface area contributed by atoms with E-state index in [1.165, 1.54) is 0 Å². The van der Waals surface area contributed by atoms with E-state index >= 15 is 0 Å². The van der Waals surface area contributed by atoms with Crippen LogP contribution in [0.2, 0.25) is 0 Å². The Morgan fingerprint density at radius 3 is 2.93 bits per heavy atom. The van der Waals surface area contributed by atoms with E-state index in [-0.39, 0.29) is 12.1 Å². The predicted octanol–water partition coefficient (Wildman–Crippen LogP) is 2.01. The van der Waals surface area contributed by atoms with Crippen molar-refractivity contribution in [3.8, 4) is 0 Å². The van der Waals surface area contributed by atoms with Crippen molar-refractivity contribution in [3.05, 3.63) is 24.2 Å². The van der Waals surface area contributed by atoms with Gasteiger partial charge in [-0.2, -0.15) is 0 Å². The summed E-state index contributed by atoms with van der Waals surface area (Å²) >= 11 is 0. The monoisotopic (exact) mass is 380 g/mol. The highest BCUT2D eigenvalue weighted by atomic mass is 16.6. The molecule has 1 fully saturated rings. The van der Waals surface area contributed by atoms with Gasteiger partial charge in [-0.15, -0.1) is 0 Å². The van der Waals surface area contributed by atoms with Gasteiger partial charge < -0.3 is 29.4 Å². The molecule has 1 saturated heterocycles. The number of rotatable bonds is 7. The van der Waals surface area contributed by atoms with Gasteiger partial charge in [0.25, 0.3) is 0 Å². The number of amides is 1. The zero-order valence-electron chi connectivity index (χ0n) is 16.8. The number of nitrogens with zero attached hydrogens (tertiary/aromatic N) is 2. The van der Waals surface area contributed by atoms with Gasteiger partial charge in [0, 0.05) is 39.2 Å². The minimum Gasteiger partial charge on any atom is -0.469 e. The summed E-state index contributed by atoms with van der Waals surface area (Å²) in [4.78, 5) is 18.5. The number of nitrogens with one attached hydrogen (secondary N) is 2. The summed E-state index contributed by atoms with van der Waals surface area (Å²) in [7, 11) is 1.66. The Labute approximate surface area is 161 Å². The van der Waals surface area contributed by atoms with Crippen molar-refractivity contribution in [3.63, 3.8) is 0 Å². The molecule has 0 bridgehead atoms. The molecule has 8 heteroatoms. The molecule has 27 heavy (non-hydrogen) atoms. The summed E-state index contributed by atoms with van der Waals surface area (Å²) in [5, 5.41) is 6.72. The number of methoxy groups -OCH3 is 1. The number of carbonyl (C=O) groups excluding carboxylic acids is 1. The first-order valence-corrected chi connectivity index (χ1v) is 9.41. The number of guanidine groups is 1. The van der Waals surface area contributed by atoms with E-state index < -0.39 is 5.60 Å². The van der Waals surface area contributed by atoms with E-state index in [1.807, 2.05) is 32.9 Å². The number of hydrogen-bond donors (Lipinski definition) is 2. The zero-order chi connectivity index (χ0) is 19.7. The molecule has 0 aromatic carbocycles. The topological polar surface area (TPSA) is 88.3 Å². The predicted molar refractivity (Wildman–Crippen MR) is 104 cm³/mol. The normalized spacial score (nSPS) is 17.9. The second-order valence-corrected chi connectivity index (χ2v) is 7.54. The molecule has 0 aliphatic carbocycles. The second kappa shape index (κ2) is 10.2. The lowest BCUT2D eigenvalue weighted by Crippen LogP contribution is -2.46. The third-order valence-electron chi connectivity index (χ3n) is 3.99. The molecule has 0 radical (unpaired) electrons. The van der Waals surface area contributed by atoms with E-state index in [2.05, 4.69) is 15.6 Å². The molecule has 0 saturated carbocycles. The highest BCUT2D eigenvalue weighted by Crippen LogP contribution is 2.15. The lowest BCUT2D eigenvalue weighted by atomic mass is 10.2. The van der Waals surface area contributed by atoms with Crippen LogP contribution in [0.25, 0.3) is 0 Å². The Kier molecular flexibility index (Phi) is 7.97. The molecular weight excluding hydrogens is 348 g/mol. The van der Waals surface area contributed by atoms with Gasteiger partial charge in [0.15, 0.2) is 5.96 Å². The Balaban J connectivity index is 1.83. The van der Waals surface area contributed by atoms with Gasteiger partial charge in [-0.25, -0.2) is 4.79 Å². The molecule has 1 aliphatic heterocycles. The molecule has 1 amide bonds. The van der Waals surface area contributed by atoms with Gasteiger partial charge in [-0.3, -0.25) is 4.99 Å². The van der Waals surface area contributed by atoms with Crippen molar-refractivity contribution in [2.24, 2.45) is 4.99 Å². The van der Waals surface area contributed by atoms with Crippen molar-refractivity contribution in [1.82, 2.24) is 15.5 Å². The standard InChI is InChI=1S/C19H32N4O4/c1-19(2,3)27-18(24)23-11-8-15(14-23)22-17(21-10-13-25-4)20-9-7-16-6-5-12-26-16/h5-6,12,15H,7-11,13-14H2,1-4H3,(H2,20,21,22). The van der Waals surface area contributed by atoms with Crippen LogP contribution in [-0.2, 0) is 15.9 Å². The molecule has 2 rings (SSSR count). The fraction of sp³-hybridized carbons (Fsp3) is 0.684. The minimum absolute atomic E-state index is 0.134. The van der Waals surface area contributed by atoms with Gasteiger partial charge in [-0.05, 0) is 39.3 Å². The van der Waals surface area contributed by atoms with Gasteiger partial charge in [-0.1, -0.05) is 0 Å². The Hall–Kier alpha value is -2.22. The second-order valence-electron chi connectivity index (χ2n) is 7.54. The molecule has 1 aliphatic rings. The molecule has 1 aromatic rings. The molecule has 0 spiro atoms. The van der Waals surface area contributed by atoms with E-state index in [0.717, 1.165) is 24.6 Å². The third-order valence-corrected chi connectivity index (χ3v) is 3.99. The SMILES string of the molecule is COCCN=C(NCCc1ccco1)NC1CCN(C(=O)OC(C)(C)C)C1. The first kappa shape index (κ1) is 21.1. The van der Waals surface area contributed by atoms with Crippen LogP contribution in [0.4, 0.5) is 4.79 Å². The maximum Gasteiger partial charge on any atom is 0.410 e. The number of furan rings is 1. The molecule has 152 valence electrons. The maximum absolute atomic E-state index is 12.2. The van der Waals surface area contributed by atoms with Crippen molar-refractivity contribution in [2.45, 2.75) is 45.3 Å². The number of likely N-dealkylation sites (tertiary alicyclic amines) is 1. The highest BCUT2D eigenvalue weighted by Gasteiger charge is 2.30. The average molecular weight is 380 g/mol. The van der Waals surface area contributed by atoms with E-state index in [0.29, 0.717) is 32.8 Å². The first-order chi connectivity index (χ1) is 12.9. The lowest BCUT2D eigenvalue weighted by molar-refractivity contribution is 0.0292. The number of carbonyl (C=O) groups is 1. The van der Waals surface area contributed by atoms with Crippen LogP contribution >= 0.6 is 0 Å². The Morgan fingerprint density at radius 2 is 2.26 bits per heavy atom. The number of aliphatic imine (C=N–C) groups is 1. The summed E-state index contributed by atoms with van der Waals surface area (Å²) in [5.74, 6) is 1.64. The van der Waals surface area contributed by atoms with Crippen LogP contribution in [0, 0.1) is 0 Å². The molecular formula is C19H32N4O4. The number of hydrogen-bond acceptors (Lipinski definition) is 5. The van der Waals surface area contributed by atoms with Gasteiger partial charge >= 0.3 is 6.09 Å². The van der Waals surface area contributed by atoms with Gasteiger partial charge in [0.05, 0.1) is 19.4 Å². The maximum atomic E-state index is 12.2. The largest absolute Gasteiger partial charge is 0.469 e. The van der Waals surface area contributed by atoms with Crippen molar-refractivity contribution >= 4 is 12.1 Å². The summed E-state index contributed by atoms with van der Waals surface area (Å²) in [6.07, 6.45) is 3.02. The quantitative estimate of drug-likeness (QED) is 0.427. The molecule has 1 aromatic heterocycles. The van der Waals surface area contributed by atoms with Crippen LogP contribution in [0.15, 0.2) is 27.8 Å².